The summed E-state index contributed by atoms with van der Waals surface area (Å²) in [7, 11) is 0. The van der Waals surface area contributed by atoms with E-state index < -0.39 is 23.7 Å². The summed E-state index contributed by atoms with van der Waals surface area (Å²) in [6, 6.07) is 6.02. The molecular weight excluding hydrogens is 250 g/mol. The third-order valence-electron chi connectivity index (χ3n) is 3.14. The number of carbonyl (C=O) groups is 1. The predicted octanol–water partition coefficient (Wildman–Crippen LogP) is 0.379. The number of aliphatic hydroxyl groups is 1. The molecule has 0 saturated carbocycles. The molecule has 0 spiro atoms. The predicted molar refractivity (Wildman–Crippen MR) is 67.2 cm³/mol. The van der Waals surface area contributed by atoms with Crippen molar-refractivity contribution in [1.82, 2.24) is 0 Å². The van der Waals surface area contributed by atoms with E-state index in [9.17, 15) is 9.90 Å². The van der Waals surface area contributed by atoms with Gasteiger partial charge in [-0.1, -0.05) is 12.1 Å². The molecule has 0 saturated heterocycles. The lowest BCUT2D eigenvalue weighted by molar-refractivity contribution is -0.142. The molecule has 19 heavy (non-hydrogen) atoms. The Kier molecular flexibility index (Phi) is 3.27. The van der Waals surface area contributed by atoms with E-state index in [1.807, 2.05) is 6.07 Å². The Bertz CT molecular complexity index is 493. The summed E-state index contributed by atoms with van der Waals surface area (Å²) in [5, 5.41) is 14.2. The van der Waals surface area contributed by atoms with E-state index in [0.717, 1.165) is 0 Å². The van der Waals surface area contributed by atoms with E-state index in [2.05, 4.69) is 5.11 Å². The molecule has 1 aromatic rings. The number of rotatable bonds is 4. The lowest BCUT2D eigenvalue weighted by Gasteiger charge is -2.37. The Morgan fingerprint density at radius 3 is 3.00 bits per heavy atom. The van der Waals surface area contributed by atoms with Gasteiger partial charge in [0.1, 0.15) is 18.2 Å². The number of nitrogens with two attached hydrogens (primary N) is 1. The van der Waals surface area contributed by atoms with Crippen LogP contribution in [0.4, 0.5) is 0 Å². The van der Waals surface area contributed by atoms with Gasteiger partial charge in [-0.15, -0.1) is 0 Å². The number of para-hydroxylation sites is 2. The summed E-state index contributed by atoms with van der Waals surface area (Å²) in [4.78, 5) is 11.2. The van der Waals surface area contributed by atoms with E-state index >= 15 is 0 Å². The third kappa shape index (κ3) is 2.97. The van der Waals surface area contributed by atoms with Crippen LogP contribution in [0.1, 0.15) is 13.3 Å². The Hall–Kier alpha value is -1.79. The Labute approximate surface area is 112 Å². The molecule has 0 fully saturated rings. The van der Waals surface area contributed by atoms with Crippen LogP contribution in [0.2, 0.25) is 0 Å². The Morgan fingerprint density at radius 1 is 1.63 bits per heavy atom. The number of carboxylic acid groups (broad SMARTS) is 1. The Morgan fingerprint density at radius 2 is 2.32 bits per heavy atom. The molecule has 1 heterocycles. The first-order valence-corrected chi connectivity index (χ1v) is 5.97. The molecule has 6 nitrogen and oxygen atoms in total. The molecule has 1 aliphatic heterocycles. The average molecular weight is 268 g/mol. The first kappa shape index (κ1) is 12.3. The van der Waals surface area contributed by atoms with Gasteiger partial charge in [-0.05, 0) is 19.1 Å². The zero-order valence-electron chi connectivity index (χ0n) is 11.5. The summed E-state index contributed by atoms with van der Waals surface area (Å²) < 4.78 is 17.7. The van der Waals surface area contributed by atoms with Crippen LogP contribution < -0.4 is 15.2 Å². The van der Waals surface area contributed by atoms with Crippen LogP contribution in [0.15, 0.2) is 24.3 Å². The topological polar surface area (TPSA) is 102 Å². The van der Waals surface area contributed by atoms with Gasteiger partial charge in [0.2, 0.25) is 0 Å². The molecule has 0 radical (unpaired) electrons. The third-order valence-corrected chi connectivity index (χ3v) is 3.14. The fraction of sp³-hybridized carbons (Fsp3) is 0.462. The van der Waals surface area contributed by atoms with Crippen LogP contribution in [0.25, 0.3) is 1.43 Å². The van der Waals surface area contributed by atoms with Crippen molar-refractivity contribution in [2.45, 2.75) is 31.1 Å². The normalized spacial score (nSPS) is 22.9. The van der Waals surface area contributed by atoms with Crippen molar-refractivity contribution >= 4 is 5.97 Å². The summed E-state index contributed by atoms with van der Waals surface area (Å²) in [5.74, 6) is 0.234. The number of carboxylic acids is 1. The smallest absolute Gasteiger partial charge is 0.320 e. The minimum Gasteiger partial charge on any atom is -0.486 e. The largest absolute Gasteiger partial charge is 0.486 e. The number of fused-ring (bicyclic) bond motifs is 1. The second-order valence-electron chi connectivity index (χ2n) is 4.85. The van der Waals surface area contributed by atoms with Crippen LogP contribution in [-0.4, -0.2) is 40.5 Å². The first-order chi connectivity index (χ1) is 9.44. The molecule has 1 aliphatic rings. The van der Waals surface area contributed by atoms with Gasteiger partial charge in [-0.3, -0.25) is 4.79 Å². The van der Waals surface area contributed by atoms with Crippen LogP contribution in [0.5, 0.6) is 11.5 Å². The average Bonchev–Trinajstić information content (AvgIpc) is 2.45. The molecule has 0 aromatic heterocycles. The van der Waals surface area contributed by atoms with Crippen LogP contribution in [0.3, 0.4) is 0 Å². The molecule has 1 aromatic carbocycles. The lowest BCUT2D eigenvalue weighted by Crippen LogP contribution is -2.52. The van der Waals surface area contributed by atoms with E-state index in [4.69, 9.17) is 16.6 Å². The minimum atomic E-state index is -1.39. The molecule has 0 unspecified atom stereocenters. The molecule has 0 bridgehead atoms. The molecular formula is C13H17NO5. The summed E-state index contributed by atoms with van der Waals surface area (Å²) >= 11 is 0. The maximum Gasteiger partial charge on any atom is 0.320 e. The quantitative estimate of drug-likeness (QED) is 0.729. The van der Waals surface area contributed by atoms with Crippen LogP contribution in [0, 0.1) is 0 Å². The number of hydrogen-bond donors (Lipinski definition) is 3. The van der Waals surface area contributed by atoms with Gasteiger partial charge in [0.05, 0.1) is 0 Å². The van der Waals surface area contributed by atoms with Crippen molar-refractivity contribution in [3.8, 4) is 11.5 Å². The van der Waals surface area contributed by atoms with Crippen molar-refractivity contribution in [1.29, 1.82) is 1.43 Å². The molecule has 2 rings (SSSR count). The van der Waals surface area contributed by atoms with Crippen LogP contribution >= 0.6 is 0 Å². The van der Waals surface area contributed by atoms with Gasteiger partial charge in [0, 0.05) is 6.42 Å². The first-order valence-electron chi connectivity index (χ1n) is 6.38. The van der Waals surface area contributed by atoms with Crippen molar-refractivity contribution in [2.24, 2.45) is 5.73 Å². The highest BCUT2D eigenvalue weighted by Crippen LogP contribution is 2.34. The van der Waals surface area contributed by atoms with E-state index in [0.29, 0.717) is 11.5 Å². The molecule has 0 aliphatic carbocycles. The van der Waals surface area contributed by atoms with E-state index in [1.54, 1.807) is 18.2 Å². The van der Waals surface area contributed by atoms with Gasteiger partial charge in [0.15, 0.2) is 17.6 Å². The highest BCUT2D eigenvalue weighted by Gasteiger charge is 2.39. The highest BCUT2D eigenvalue weighted by atomic mass is 16.6. The van der Waals surface area contributed by atoms with Gasteiger partial charge < -0.3 is 25.4 Å². The molecule has 104 valence electrons. The van der Waals surface area contributed by atoms with Gasteiger partial charge in [-0.2, -0.15) is 0 Å². The van der Waals surface area contributed by atoms with Crippen molar-refractivity contribution in [3.63, 3.8) is 0 Å². The SMILES string of the molecule is [2H]OC(=O)[C@@H](N)C[C@](C)(O)[C@H]1COc2ccccc2O1. The molecule has 3 atom stereocenters. The number of hydrogen-bond acceptors (Lipinski definition) is 6. The fourth-order valence-electron chi connectivity index (χ4n) is 1.99. The number of aliphatic carboxylic acids is 1. The van der Waals surface area contributed by atoms with Gasteiger partial charge in [-0.25, -0.2) is 0 Å². The summed E-state index contributed by atoms with van der Waals surface area (Å²) in [5.41, 5.74) is 4.18. The maximum atomic E-state index is 11.2. The van der Waals surface area contributed by atoms with E-state index in [-0.39, 0.29) is 13.0 Å². The minimum absolute atomic E-state index is 0.0963. The monoisotopic (exact) mass is 268 g/mol. The van der Waals surface area contributed by atoms with Crippen molar-refractivity contribution in [3.05, 3.63) is 24.3 Å². The van der Waals surface area contributed by atoms with Crippen LogP contribution in [-0.2, 0) is 4.79 Å². The summed E-state index contributed by atoms with van der Waals surface area (Å²) in [6.45, 7) is 1.65. The number of ether oxygens (including phenoxy) is 2. The molecule has 0 amide bonds. The Balaban J connectivity index is 2.06. The fourth-order valence-corrected chi connectivity index (χ4v) is 1.99. The van der Waals surface area contributed by atoms with E-state index in [1.165, 1.54) is 6.92 Å². The number of benzene rings is 1. The van der Waals surface area contributed by atoms with Crippen molar-refractivity contribution < 1.29 is 24.5 Å². The standard InChI is InChI=1S/C13H17NO5/c1-13(17,6-8(14)12(15)16)11-7-18-9-4-2-3-5-10(9)19-11/h2-5,8,11,17H,6-7,14H2,1H3,(H,15,16)/t8-,11+,13-/m0/s1/i/hD. The van der Waals surface area contributed by atoms with Crippen molar-refractivity contribution in [2.75, 3.05) is 6.61 Å². The summed E-state index contributed by atoms with van der Waals surface area (Å²) in [6.07, 6.45) is -0.761. The molecule has 4 N–H and O–H groups in total. The second kappa shape index (κ2) is 5.07. The zero-order valence-corrected chi connectivity index (χ0v) is 10.5. The van der Waals surface area contributed by atoms with Gasteiger partial charge in [0.25, 0.3) is 1.43 Å². The maximum absolute atomic E-state index is 11.2. The lowest BCUT2D eigenvalue weighted by atomic mass is 9.91. The highest BCUT2D eigenvalue weighted by molar-refractivity contribution is 5.73. The second-order valence-corrected chi connectivity index (χ2v) is 4.85. The van der Waals surface area contributed by atoms with Gasteiger partial charge >= 0.3 is 5.97 Å². The molecule has 6 heteroatoms. The zero-order chi connectivity index (χ0) is 14.8.